The largest absolute Gasteiger partial charge is 0.384 e. The molecule has 0 atom stereocenters. The van der Waals surface area contributed by atoms with Crippen LogP contribution in [0.15, 0.2) is 29.2 Å². The maximum Gasteiger partial charge on any atom is 0.265 e. The highest BCUT2D eigenvalue weighted by Crippen LogP contribution is 2.29. The normalized spacial score (nSPS) is 11.6. The van der Waals surface area contributed by atoms with Crippen LogP contribution in [0.5, 0.6) is 0 Å². The van der Waals surface area contributed by atoms with Gasteiger partial charge in [0.15, 0.2) is 0 Å². The Balaban J connectivity index is 2.42. The summed E-state index contributed by atoms with van der Waals surface area (Å²) in [5.41, 5.74) is 2.21. The summed E-state index contributed by atoms with van der Waals surface area (Å²) >= 11 is 1.42. The third-order valence-corrected chi connectivity index (χ3v) is 7.54. The molecule has 0 spiro atoms. The lowest BCUT2D eigenvalue weighted by atomic mass is 10.2. The fourth-order valence-corrected chi connectivity index (χ4v) is 5.13. The third kappa shape index (κ3) is 4.69. The minimum absolute atomic E-state index is 0.168. The van der Waals surface area contributed by atoms with Crippen molar-refractivity contribution in [2.45, 2.75) is 39.5 Å². The van der Waals surface area contributed by atoms with Gasteiger partial charge in [0.05, 0.1) is 21.1 Å². The predicted octanol–water partition coefficient (Wildman–Crippen LogP) is 4.08. The minimum atomic E-state index is -3.60. The van der Waals surface area contributed by atoms with Gasteiger partial charge in [-0.1, -0.05) is 13.8 Å². The van der Waals surface area contributed by atoms with Crippen LogP contribution in [0.3, 0.4) is 0 Å². The van der Waals surface area contributed by atoms with Crippen molar-refractivity contribution < 1.29 is 13.2 Å². The van der Waals surface area contributed by atoms with Gasteiger partial charge in [-0.05, 0) is 50.6 Å². The van der Waals surface area contributed by atoms with Gasteiger partial charge in [0.1, 0.15) is 0 Å². The Morgan fingerprint density at radius 1 is 1.07 bits per heavy atom. The van der Waals surface area contributed by atoms with Crippen molar-refractivity contribution in [2.24, 2.45) is 0 Å². The highest BCUT2D eigenvalue weighted by atomic mass is 32.2. The number of sulfonamides is 1. The average molecular weight is 410 g/mol. The van der Waals surface area contributed by atoms with Crippen molar-refractivity contribution in [1.82, 2.24) is 4.31 Å². The Morgan fingerprint density at radius 3 is 2.26 bits per heavy atom. The Kier molecular flexibility index (Phi) is 7.02. The predicted molar refractivity (Wildman–Crippen MR) is 112 cm³/mol. The molecule has 0 saturated carbocycles. The number of carbonyl (C=O) groups is 1. The first kappa shape index (κ1) is 21.4. The number of anilines is 2. The summed E-state index contributed by atoms with van der Waals surface area (Å²) < 4.78 is 27.0. The number of nitrogens with zero attached hydrogens (tertiary/aromatic N) is 1. The molecule has 0 saturated heterocycles. The molecule has 8 heteroatoms. The van der Waals surface area contributed by atoms with Crippen LogP contribution in [0.4, 0.5) is 11.4 Å². The monoisotopic (exact) mass is 409 g/mol. The van der Waals surface area contributed by atoms with Crippen molar-refractivity contribution in [3.8, 4) is 0 Å². The van der Waals surface area contributed by atoms with Crippen LogP contribution >= 0.6 is 11.3 Å². The van der Waals surface area contributed by atoms with Crippen LogP contribution in [0, 0.1) is 13.8 Å². The summed E-state index contributed by atoms with van der Waals surface area (Å²) in [6.45, 7) is 10.9. The van der Waals surface area contributed by atoms with E-state index in [4.69, 9.17) is 0 Å². The Bertz CT molecular complexity index is 897. The van der Waals surface area contributed by atoms with Gasteiger partial charge in [-0.15, -0.1) is 11.3 Å². The molecule has 0 unspecified atom stereocenters. The molecule has 2 aromatic rings. The van der Waals surface area contributed by atoms with Gasteiger partial charge < -0.3 is 10.6 Å². The fraction of sp³-hybridized carbons (Fsp3) is 0.421. The molecule has 1 heterocycles. The first-order valence-electron chi connectivity index (χ1n) is 9.01. The molecule has 27 heavy (non-hydrogen) atoms. The number of rotatable bonds is 8. The summed E-state index contributed by atoms with van der Waals surface area (Å²) in [4.78, 5) is 14.5. The van der Waals surface area contributed by atoms with Crippen LogP contribution in [0.2, 0.25) is 0 Å². The van der Waals surface area contributed by atoms with E-state index in [1.165, 1.54) is 21.7 Å². The number of amides is 1. The molecular weight excluding hydrogens is 382 g/mol. The van der Waals surface area contributed by atoms with E-state index >= 15 is 0 Å². The first-order valence-corrected chi connectivity index (χ1v) is 11.3. The van der Waals surface area contributed by atoms with Gasteiger partial charge in [-0.25, -0.2) is 8.42 Å². The molecule has 0 fully saturated rings. The summed E-state index contributed by atoms with van der Waals surface area (Å²) in [6, 6.07) is 6.64. The van der Waals surface area contributed by atoms with E-state index in [-0.39, 0.29) is 10.8 Å². The Labute approximate surface area is 165 Å². The summed E-state index contributed by atoms with van der Waals surface area (Å²) in [6.07, 6.45) is 0. The second kappa shape index (κ2) is 8.86. The van der Waals surface area contributed by atoms with Gasteiger partial charge in [0, 0.05) is 24.5 Å². The zero-order chi connectivity index (χ0) is 20.2. The molecule has 0 aliphatic rings. The minimum Gasteiger partial charge on any atom is -0.384 e. The molecule has 148 valence electrons. The third-order valence-electron chi connectivity index (χ3n) is 4.34. The van der Waals surface area contributed by atoms with Crippen LogP contribution < -0.4 is 10.6 Å². The highest BCUT2D eigenvalue weighted by molar-refractivity contribution is 7.89. The topological polar surface area (TPSA) is 78.5 Å². The summed E-state index contributed by atoms with van der Waals surface area (Å²) in [5, 5.41) is 6.03. The van der Waals surface area contributed by atoms with E-state index in [1.54, 1.807) is 26.0 Å². The SMILES string of the molecule is CCNc1ccc(S(=O)(=O)N(CC)CC)cc1NC(=O)c1cc(C)c(C)s1. The number of nitrogens with one attached hydrogen (secondary N) is 2. The smallest absolute Gasteiger partial charge is 0.265 e. The van der Waals surface area contributed by atoms with E-state index in [0.29, 0.717) is 35.9 Å². The zero-order valence-electron chi connectivity index (χ0n) is 16.4. The molecular formula is C19H27N3O3S2. The molecule has 1 aromatic carbocycles. The van der Waals surface area contributed by atoms with Crippen molar-refractivity contribution in [1.29, 1.82) is 0 Å². The van der Waals surface area contributed by atoms with Crippen LogP contribution in [0.25, 0.3) is 0 Å². The Hall–Kier alpha value is -1.90. The maximum absolute atomic E-state index is 12.8. The maximum atomic E-state index is 12.8. The number of hydrogen-bond donors (Lipinski definition) is 2. The van der Waals surface area contributed by atoms with E-state index in [0.717, 1.165) is 10.4 Å². The molecule has 2 N–H and O–H groups in total. The fourth-order valence-electron chi connectivity index (χ4n) is 2.71. The van der Waals surface area contributed by atoms with Crippen LogP contribution in [-0.2, 0) is 10.0 Å². The van der Waals surface area contributed by atoms with Crippen molar-refractivity contribution in [3.05, 3.63) is 39.6 Å². The summed E-state index contributed by atoms with van der Waals surface area (Å²) in [7, 11) is -3.60. The van der Waals surface area contributed by atoms with E-state index in [9.17, 15) is 13.2 Å². The number of thiophene rings is 1. The van der Waals surface area contributed by atoms with Crippen molar-refractivity contribution in [2.75, 3.05) is 30.3 Å². The second-order valence-corrected chi connectivity index (χ2v) is 9.33. The Morgan fingerprint density at radius 2 is 1.74 bits per heavy atom. The number of carbonyl (C=O) groups excluding carboxylic acids is 1. The molecule has 0 bridgehead atoms. The van der Waals surface area contributed by atoms with E-state index in [1.807, 2.05) is 26.8 Å². The van der Waals surface area contributed by atoms with Gasteiger partial charge in [-0.3, -0.25) is 4.79 Å². The van der Waals surface area contributed by atoms with Gasteiger partial charge in [0.2, 0.25) is 10.0 Å². The van der Waals surface area contributed by atoms with E-state index < -0.39 is 10.0 Å². The van der Waals surface area contributed by atoms with Gasteiger partial charge in [0.25, 0.3) is 5.91 Å². The molecule has 0 aliphatic carbocycles. The number of hydrogen-bond acceptors (Lipinski definition) is 5. The molecule has 1 aromatic heterocycles. The lowest BCUT2D eigenvalue weighted by Gasteiger charge is -2.20. The molecule has 0 aliphatic heterocycles. The lowest BCUT2D eigenvalue weighted by Crippen LogP contribution is -2.30. The quantitative estimate of drug-likeness (QED) is 0.689. The number of benzene rings is 1. The average Bonchev–Trinajstić information content (AvgIpc) is 2.96. The van der Waals surface area contributed by atoms with Crippen molar-refractivity contribution in [3.63, 3.8) is 0 Å². The molecule has 1 amide bonds. The molecule has 6 nitrogen and oxygen atoms in total. The van der Waals surface area contributed by atoms with Gasteiger partial charge in [-0.2, -0.15) is 4.31 Å². The van der Waals surface area contributed by atoms with Crippen LogP contribution in [0.1, 0.15) is 40.9 Å². The molecule has 2 rings (SSSR count). The first-order chi connectivity index (χ1) is 12.7. The number of aryl methyl sites for hydroxylation is 2. The highest BCUT2D eigenvalue weighted by Gasteiger charge is 2.23. The lowest BCUT2D eigenvalue weighted by molar-refractivity contribution is 0.103. The standard InChI is InChI=1S/C19H27N3O3S2/c1-6-20-16-10-9-15(27(24,25)22(7-2)8-3)12-17(16)21-19(23)18-11-13(4)14(5)26-18/h9-12,20H,6-8H2,1-5H3,(H,21,23). The second-order valence-electron chi connectivity index (χ2n) is 6.13. The summed E-state index contributed by atoms with van der Waals surface area (Å²) in [5.74, 6) is -0.243. The van der Waals surface area contributed by atoms with Gasteiger partial charge >= 0.3 is 0 Å². The molecule has 0 radical (unpaired) electrons. The van der Waals surface area contributed by atoms with Crippen LogP contribution in [-0.4, -0.2) is 38.3 Å². The zero-order valence-corrected chi connectivity index (χ0v) is 18.1. The van der Waals surface area contributed by atoms with Crippen molar-refractivity contribution >= 4 is 38.6 Å². The van der Waals surface area contributed by atoms with E-state index in [2.05, 4.69) is 10.6 Å².